The second-order valence-electron chi connectivity index (χ2n) is 6.68. The summed E-state index contributed by atoms with van der Waals surface area (Å²) < 4.78 is 31.3. The zero-order valence-electron chi connectivity index (χ0n) is 16.0. The molecule has 3 rings (SSSR count). The molecule has 0 unspecified atom stereocenters. The van der Waals surface area contributed by atoms with Gasteiger partial charge in [0, 0.05) is 17.2 Å². The molecule has 1 saturated carbocycles. The highest BCUT2D eigenvalue weighted by atomic mass is 19.1. The number of ketones is 1. The van der Waals surface area contributed by atoms with Crippen LogP contribution in [0.1, 0.15) is 30.9 Å². The highest BCUT2D eigenvalue weighted by molar-refractivity contribution is 6.15. The zero-order chi connectivity index (χ0) is 20.8. The summed E-state index contributed by atoms with van der Waals surface area (Å²) in [4.78, 5) is 24.9. The molecule has 29 heavy (non-hydrogen) atoms. The van der Waals surface area contributed by atoms with Crippen molar-refractivity contribution in [1.29, 1.82) is 0 Å². The molecule has 0 aliphatic heterocycles. The molecule has 1 aliphatic carbocycles. The summed E-state index contributed by atoms with van der Waals surface area (Å²) in [5.74, 6) is -1.33. The fourth-order valence-electron chi connectivity index (χ4n) is 3.12. The van der Waals surface area contributed by atoms with Gasteiger partial charge in [-0.05, 0) is 67.3 Å². The van der Waals surface area contributed by atoms with E-state index in [-0.39, 0.29) is 24.0 Å². The first-order valence-corrected chi connectivity index (χ1v) is 9.28. The van der Waals surface area contributed by atoms with Crippen molar-refractivity contribution in [2.75, 3.05) is 6.61 Å². The number of hydrogen-bond donors (Lipinski definition) is 0. The number of carbonyl (C=O) groups excluding carboxylic acids is 2. The van der Waals surface area contributed by atoms with Crippen LogP contribution in [0.3, 0.4) is 0 Å². The third kappa shape index (κ3) is 5.57. The Labute approximate surface area is 168 Å². The zero-order valence-corrected chi connectivity index (χ0v) is 16.0. The highest BCUT2D eigenvalue weighted by Gasteiger charge is 2.24. The van der Waals surface area contributed by atoms with Gasteiger partial charge in [0.15, 0.2) is 5.78 Å². The molecule has 1 fully saturated rings. The number of benzene rings is 2. The van der Waals surface area contributed by atoms with Gasteiger partial charge in [-0.15, -0.1) is 0 Å². The molecule has 0 spiro atoms. The second-order valence-corrected chi connectivity index (χ2v) is 6.68. The lowest BCUT2D eigenvalue weighted by Crippen LogP contribution is -2.15. The predicted octanol–water partition coefficient (Wildman–Crippen LogP) is 5.28. The first kappa shape index (κ1) is 20.4. The Hall–Kier alpha value is -3.34. The van der Waals surface area contributed by atoms with E-state index in [0.717, 1.165) is 5.57 Å². The Morgan fingerprint density at radius 2 is 1.34 bits per heavy atom. The maximum absolute atomic E-state index is 13.2. The summed E-state index contributed by atoms with van der Waals surface area (Å²) >= 11 is 0. The molecule has 0 aromatic heterocycles. The van der Waals surface area contributed by atoms with Crippen molar-refractivity contribution in [2.45, 2.75) is 19.8 Å². The highest BCUT2D eigenvalue weighted by Crippen LogP contribution is 2.32. The van der Waals surface area contributed by atoms with E-state index in [1.165, 1.54) is 30.3 Å². The van der Waals surface area contributed by atoms with Gasteiger partial charge in [-0.2, -0.15) is 0 Å². The number of ether oxygens (including phenoxy) is 1. The molecular weight excluding hydrogens is 374 g/mol. The summed E-state index contributed by atoms with van der Waals surface area (Å²) in [6.07, 6.45) is 5.40. The van der Waals surface area contributed by atoms with Crippen LogP contribution >= 0.6 is 0 Å². The molecule has 1 aliphatic rings. The molecule has 0 heterocycles. The molecule has 2 aromatic rings. The monoisotopic (exact) mass is 394 g/mol. The van der Waals surface area contributed by atoms with Crippen LogP contribution in [0.2, 0.25) is 0 Å². The van der Waals surface area contributed by atoms with Crippen LogP contribution in [-0.4, -0.2) is 18.4 Å². The number of esters is 1. The minimum Gasteiger partial charge on any atom is -0.463 e. The van der Waals surface area contributed by atoms with Gasteiger partial charge in [0.25, 0.3) is 0 Å². The van der Waals surface area contributed by atoms with Crippen LogP contribution < -0.4 is 0 Å². The fourth-order valence-corrected chi connectivity index (χ4v) is 3.12. The molecule has 0 amide bonds. The van der Waals surface area contributed by atoms with Crippen molar-refractivity contribution in [1.82, 2.24) is 0 Å². The minimum atomic E-state index is -0.459. The van der Waals surface area contributed by atoms with Crippen molar-refractivity contribution >= 4 is 23.9 Å². The Morgan fingerprint density at radius 1 is 0.897 bits per heavy atom. The van der Waals surface area contributed by atoms with E-state index in [1.54, 1.807) is 43.3 Å². The molecule has 0 saturated heterocycles. The molecule has 0 bridgehead atoms. The van der Waals surface area contributed by atoms with Gasteiger partial charge in [0.1, 0.15) is 11.6 Å². The van der Waals surface area contributed by atoms with Gasteiger partial charge in [0.2, 0.25) is 0 Å². The summed E-state index contributed by atoms with van der Waals surface area (Å²) in [6.45, 7) is 1.98. The lowest BCUT2D eigenvalue weighted by Gasteiger charge is -2.20. The van der Waals surface area contributed by atoms with Gasteiger partial charge in [-0.3, -0.25) is 4.79 Å². The quantitative estimate of drug-likeness (QED) is 0.523. The summed E-state index contributed by atoms with van der Waals surface area (Å²) in [6, 6.07) is 11.6. The van der Waals surface area contributed by atoms with Crippen LogP contribution in [0.4, 0.5) is 8.78 Å². The standard InChI is InChI=1S/C24H20F2O3/c1-2-29-23(27)15-18-13-19(11-16-3-7-21(25)8-4-16)24(28)20(14-18)12-17-5-9-22(26)10-6-17/h3-12,15H,2,13-14H2,1H3/b19-11+,20-12+. The van der Waals surface area contributed by atoms with E-state index in [2.05, 4.69) is 0 Å². The second kappa shape index (κ2) is 9.24. The number of halogens is 2. The Bertz CT molecular complexity index is 928. The van der Waals surface area contributed by atoms with Crippen molar-refractivity contribution in [3.05, 3.63) is 94.1 Å². The molecule has 3 nitrogen and oxygen atoms in total. The molecule has 0 radical (unpaired) electrons. The smallest absolute Gasteiger partial charge is 0.330 e. The Kier molecular flexibility index (Phi) is 6.50. The van der Waals surface area contributed by atoms with Crippen molar-refractivity contribution in [3.8, 4) is 0 Å². The van der Waals surface area contributed by atoms with Crippen LogP contribution in [-0.2, 0) is 14.3 Å². The lowest BCUT2D eigenvalue weighted by atomic mass is 9.83. The Morgan fingerprint density at radius 3 is 1.76 bits per heavy atom. The van der Waals surface area contributed by atoms with Gasteiger partial charge in [-0.1, -0.05) is 29.8 Å². The normalized spacial score (nSPS) is 16.9. The first-order chi connectivity index (χ1) is 13.9. The maximum atomic E-state index is 13.2. The van der Waals surface area contributed by atoms with Crippen LogP contribution in [0.25, 0.3) is 12.2 Å². The summed E-state index contributed by atoms with van der Waals surface area (Å²) in [7, 11) is 0. The third-order valence-corrected chi connectivity index (χ3v) is 4.45. The van der Waals surface area contributed by atoms with E-state index in [1.807, 2.05) is 0 Å². The Balaban J connectivity index is 1.98. The van der Waals surface area contributed by atoms with Gasteiger partial charge in [0.05, 0.1) is 6.61 Å². The van der Waals surface area contributed by atoms with E-state index in [9.17, 15) is 18.4 Å². The van der Waals surface area contributed by atoms with Crippen LogP contribution in [0, 0.1) is 11.6 Å². The minimum absolute atomic E-state index is 0.153. The molecule has 148 valence electrons. The topological polar surface area (TPSA) is 43.4 Å². The molecule has 0 atom stereocenters. The van der Waals surface area contributed by atoms with Crippen molar-refractivity contribution in [3.63, 3.8) is 0 Å². The predicted molar refractivity (Wildman–Crippen MR) is 108 cm³/mol. The van der Waals surface area contributed by atoms with Gasteiger partial charge >= 0.3 is 5.97 Å². The molecular formula is C24H20F2O3. The molecule has 2 aromatic carbocycles. The van der Waals surface area contributed by atoms with Crippen LogP contribution in [0.5, 0.6) is 0 Å². The summed E-state index contributed by atoms with van der Waals surface area (Å²) in [5.41, 5.74) is 3.10. The van der Waals surface area contributed by atoms with E-state index in [4.69, 9.17) is 4.74 Å². The van der Waals surface area contributed by atoms with Crippen LogP contribution in [0.15, 0.2) is 71.3 Å². The largest absolute Gasteiger partial charge is 0.463 e. The SMILES string of the molecule is CCOC(=O)C=C1C/C(=C\c2ccc(F)cc2)C(=O)/C(=C/c2ccc(F)cc2)C1. The number of allylic oxidation sites excluding steroid dienone is 3. The van der Waals surface area contributed by atoms with E-state index < -0.39 is 5.97 Å². The van der Waals surface area contributed by atoms with E-state index in [0.29, 0.717) is 35.1 Å². The number of Topliss-reactive ketones (excluding diaryl/α,β-unsaturated/α-hetero) is 1. The fraction of sp³-hybridized carbons (Fsp3) is 0.167. The van der Waals surface area contributed by atoms with Crippen molar-refractivity contribution < 1.29 is 23.1 Å². The number of rotatable bonds is 4. The third-order valence-electron chi connectivity index (χ3n) is 4.45. The van der Waals surface area contributed by atoms with Gasteiger partial charge in [-0.25, -0.2) is 13.6 Å². The molecule has 0 N–H and O–H groups in total. The summed E-state index contributed by atoms with van der Waals surface area (Å²) in [5, 5.41) is 0. The maximum Gasteiger partial charge on any atom is 0.330 e. The van der Waals surface area contributed by atoms with Crippen molar-refractivity contribution in [2.24, 2.45) is 0 Å². The molecule has 5 heteroatoms. The average Bonchev–Trinajstić information content (AvgIpc) is 2.69. The lowest BCUT2D eigenvalue weighted by molar-refractivity contribution is -0.137. The van der Waals surface area contributed by atoms with E-state index >= 15 is 0 Å². The number of hydrogen-bond acceptors (Lipinski definition) is 3. The van der Waals surface area contributed by atoms with Gasteiger partial charge < -0.3 is 4.74 Å². The first-order valence-electron chi connectivity index (χ1n) is 9.28. The number of carbonyl (C=O) groups is 2. The average molecular weight is 394 g/mol.